The number of carbonyl (C=O) groups excluding carboxylic acids is 2. The first-order valence-corrected chi connectivity index (χ1v) is 11.1. The summed E-state index contributed by atoms with van der Waals surface area (Å²) in [6.45, 7) is 0.984. The van der Waals surface area contributed by atoms with Crippen LogP contribution in [0.3, 0.4) is 0 Å². The summed E-state index contributed by atoms with van der Waals surface area (Å²) in [4.78, 5) is 32.9. The number of H-pyrrole nitrogens is 1. The average Bonchev–Trinajstić information content (AvgIpc) is 3.26. The van der Waals surface area contributed by atoms with Gasteiger partial charge in [-0.3, -0.25) is 4.79 Å². The van der Waals surface area contributed by atoms with E-state index in [1.807, 2.05) is 30.3 Å². The molecular formula is C25H22ClN5O3. The van der Waals surface area contributed by atoms with Crippen LogP contribution in [0.4, 0.5) is 11.4 Å². The van der Waals surface area contributed by atoms with E-state index in [4.69, 9.17) is 16.3 Å². The highest BCUT2D eigenvalue weighted by Crippen LogP contribution is 2.37. The maximum absolute atomic E-state index is 13.6. The Kier molecular flexibility index (Phi) is 5.69. The second-order valence-electron chi connectivity index (χ2n) is 8.11. The van der Waals surface area contributed by atoms with Gasteiger partial charge in [0.25, 0.3) is 0 Å². The van der Waals surface area contributed by atoms with Crippen molar-refractivity contribution in [3.63, 3.8) is 0 Å². The number of nitrogens with one attached hydrogen (secondary N) is 4. The molecule has 1 aliphatic heterocycles. The van der Waals surface area contributed by atoms with Gasteiger partial charge >= 0.3 is 0 Å². The quantitative estimate of drug-likeness (QED) is 0.223. The summed E-state index contributed by atoms with van der Waals surface area (Å²) in [5, 5.41) is 10.4. The number of anilines is 2. The number of aldehydes is 1. The first kappa shape index (κ1) is 21.9. The molecule has 0 saturated carbocycles. The Bertz CT molecular complexity index is 1380. The monoisotopic (exact) mass is 475 g/mol. The molecular weight excluding hydrogens is 454 g/mol. The third-order valence-corrected chi connectivity index (χ3v) is 6.17. The molecule has 4 aromatic rings. The smallest absolute Gasteiger partial charge is 0.196 e. The van der Waals surface area contributed by atoms with Gasteiger partial charge in [-0.05, 0) is 24.3 Å². The molecule has 1 saturated heterocycles. The van der Waals surface area contributed by atoms with E-state index in [0.29, 0.717) is 58.1 Å². The number of aromatic nitrogens is 2. The van der Waals surface area contributed by atoms with E-state index in [2.05, 4.69) is 25.9 Å². The Balaban J connectivity index is 1.53. The molecule has 8 nitrogen and oxygen atoms in total. The van der Waals surface area contributed by atoms with Crippen molar-refractivity contribution in [3.8, 4) is 11.5 Å². The lowest BCUT2D eigenvalue weighted by molar-refractivity contribution is -0.112. The summed E-state index contributed by atoms with van der Waals surface area (Å²) in [5.41, 5.74) is 1.82. The lowest BCUT2D eigenvalue weighted by Gasteiger charge is -2.39. The minimum absolute atomic E-state index is 0.271. The van der Waals surface area contributed by atoms with Crippen molar-refractivity contribution < 1.29 is 14.3 Å². The molecule has 0 radical (unpaired) electrons. The van der Waals surface area contributed by atoms with Gasteiger partial charge in [0.1, 0.15) is 29.0 Å². The van der Waals surface area contributed by atoms with E-state index in [-0.39, 0.29) is 10.8 Å². The highest BCUT2D eigenvalue weighted by atomic mass is 35.5. The van der Waals surface area contributed by atoms with E-state index in [9.17, 15) is 9.59 Å². The predicted molar refractivity (Wildman–Crippen MR) is 132 cm³/mol. The van der Waals surface area contributed by atoms with E-state index in [0.717, 1.165) is 6.29 Å². The van der Waals surface area contributed by atoms with Crippen LogP contribution in [0.25, 0.3) is 11.0 Å². The Hall–Kier alpha value is -3.88. The summed E-state index contributed by atoms with van der Waals surface area (Å²) in [6.07, 6.45) is 4.16. The fourth-order valence-corrected chi connectivity index (χ4v) is 4.21. The number of hydrogen-bond acceptors (Lipinski definition) is 7. The van der Waals surface area contributed by atoms with Gasteiger partial charge in [0.05, 0.1) is 33.5 Å². The highest BCUT2D eigenvalue weighted by molar-refractivity contribution is 6.36. The van der Waals surface area contributed by atoms with Gasteiger partial charge in [-0.2, -0.15) is 0 Å². The number of carbonyl (C=O) groups is 2. The normalized spacial score (nSPS) is 14.3. The van der Waals surface area contributed by atoms with Gasteiger partial charge in [-0.1, -0.05) is 29.8 Å². The molecule has 2 aromatic carbocycles. The number of aromatic amines is 1. The second kappa shape index (κ2) is 8.81. The van der Waals surface area contributed by atoms with Gasteiger partial charge < -0.3 is 30.5 Å². The zero-order valence-corrected chi connectivity index (χ0v) is 19.1. The predicted octanol–water partition coefficient (Wildman–Crippen LogP) is 4.23. The van der Waals surface area contributed by atoms with Crippen LogP contribution in [0.15, 0.2) is 60.9 Å². The Morgan fingerprint density at radius 3 is 2.59 bits per heavy atom. The second-order valence-corrected chi connectivity index (χ2v) is 8.52. The molecule has 4 N–H and O–H groups in total. The number of ether oxygens (including phenoxy) is 1. The minimum atomic E-state index is -0.745. The molecule has 2 aromatic heterocycles. The van der Waals surface area contributed by atoms with Crippen LogP contribution >= 0.6 is 11.6 Å². The molecule has 0 bridgehead atoms. The zero-order chi connectivity index (χ0) is 23.7. The number of pyridine rings is 1. The summed E-state index contributed by atoms with van der Waals surface area (Å²) in [7, 11) is 1.76. The van der Waals surface area contributed by atoms with Crippen LogP contribution in [0, 0.1) is 0 Å². The molecule has 3 heterocycles. The average molecular weight is 476 g/mol. The molecule has 0 spiro atoms. The van der Waals surface area contributed by atoms with E-state index in [1.54, 1.807) is 37.6 Å². The largest absolute Gasteiger partial charge is 0.457 e. The number of rotatable bonds is 8. The highest BCUT2D eigenvalue weighted by Gasteiger charge is 2.38. The van der Waals surface area contributed by atoms with Crippen molar-refractivity contribution >= 4 is 46.1 Å². The molecule has 172 valence electrons. The first-order chi connectivity index (χ1) is 16.5. The summed E-state index contributed by atoms with van der Waals surface area (Å²) in [5.74, 6) is 0.927. The van der Waals surface area contributed by atoms with Crippen molar-refractivity contribution in [1.82, 2.24) is 15.3 Å². The first-order valence-electron chi connectivity index (χ1n) is 10.7. The van der Waals surface area contributed by atoms with Crippen LogP contribution in [0.1, 0.15) is 15.9 Å². The summed E-state index contributed by atoms with van der Waals surface area (Å²) >= 11 is 6.51. The van der Waals surface area contributed by atoms with Crippen LogP contribution in [-0.2, 0) is 4.79 Å². The number of halogens is 1. The van der Waals surface area contributed by atoms with Crippen LogP contribution in [0.5, 0.6) is 11.5 Å². The number of benzene rings is 2. The third-order valence-electron chi connectivity index (χ3n) is 5.86. The van der Waals surface area contributed by atoms with Gasteiger partial charge in [-0.15, -0.1) is 0 Å². The molecule has 1 fully saturated rings. The SMILES string of the molecule is CNc1cnc2[nH]cc(C(=O)c3ccc(Oc4ccccc4)cc3Cl)c2c1NC1(C=O)CNC1. The number of fused-ring (bicyclic) bond motifs is 1. The van der Waals surface area contributed by atoms with Crippen molar-refractivity contribution in [2.75, 3.05) is 30.8 Å². The van der Waals surface area contributed by atoms with E-state index < -0.39 is 5.54 Å². The zero-order valence-electron chi connectivity index (χ0n) is 18.3. The van der Waals surface area contributed by atoms with Gasteiger partial charge in [0, 0.05) is 38.0 Å². The Morgan fingerprint density at radius 2 is 1.94 bits per heavy atom. The minimum Gasteiger partial charge on any atom is -0.457 e. The van der Waals surface area contributed by atoms with Gasteiger partial charge in [0.15, 0.2) is 5.78 Å². The van der Waals surface area contributed by atoms with E-state index >= 15 is 0 Å². The lowest BCUT2D eigenvalue weighted by atomic mass is 9.93. The van der Waals surface area contributed by atoms with Crippen LogP contribution in [0.2, 0.25) is 5.02 Å². The fraction of sp³-hybridized carbons (Fsp3) is 0.160. The third kappa shape index (κ3) is 3.87. The van der Waals surface area contributed by atoms with Crippen LogP contribution in [-0.4, -0.2) is 47.7 Å². The fourth-order valence-electron chi connectivity index (χ4n) is 3.95. The molecule has 0 unspecified atom stereocenters. The number of hydrogen-bond donors (Lipinski definition) is 4. The van der Waals surface area contributed by atoms with Gasteiger partial charge in [-0.25, -0.2) is 4.98 Å². The standard InChI is InChI=1S/C25H22ClN5O3/c1-27-20-11-30-24-21(22(20)31-25(14-32)12-28-13-25)18(10-29-24)23(33)17-8-7-16(9-19(17)26)34-15-5-3-2-4-6-15/h2-11,14,27-28H,12-13H2,1H3,(H2,29,30,31). The molecule has 9 heteroatoms. The number of nitrogens with zero attached hydrogens (tertiary/aromatic N) is 1. The molecule has 1 aliphatic rings. The summed E-state index contributed by atoms with van der Waals surface area (Å²) in [6, 6.07) is 14.3. The molecule has 34 heavy (non-hydrogen) atoms. The Labute approximate surface area is 200 Å². The van der Waals surface area contributed by atoms with Crippen molar-refractivity contribution in [2.45, 2.75) is 5.54 Å². The summed E-state index contributed by atoms with van der Waals surface area (Å²) < 4.78 is 5.82. The number of para-hydroxylation sites is 1. The van der Waals surface area contributed by atoms with E-state index in [1.165, 1.54) is 0 Å². The molecule has 0 atom stereocenters. The maximum Gasteiger partial charge on any atom is 0.196 e. The van der Waals surface area contributed by atoms with Crippen LogP contribution < -0.4 is 20.7 Å². The Morgan fingerprint density at radius 1 is 1.15 bits per heavy atom. The number of ketones is 1. The van der Waals surface area contributed by atoms with Crippen molar-refractivity contribution in [3.05, 3.63) is 77.1 Å². The van der Waals surface area contributed by atoms with Crippen molar-refractivity contribution in [1.29, 1.82) is 0 Å². The lowest BCUT2D eigenvalue weighted by Crippen LogP contribution is -2.65. The van der Waals surface area contributed by atoms with Crippen molar-refractivity contribution in [2.24, 2.45) is 0 Å². The topological polar surface area (TPSA) is 108 Å². The molecule has 5 rings (SSSR count). The van der Waals surface area contributed by atoms with Gasteiger partial charge in [0.2, 0.25) is 0 Å². The molecule has 0 amide bonds. The molecule has 0 aliphatic carbocycles. The maximum atomic E-state index is 13.6.